The first-order chi connectivity index (χ1) is 9.98. The topological polar surface area (TPSA) is 90.2 Å². The molecular formula is C16H16O5. The molecular weight excluding hydrogens is 272 g/mol. The zero-order chi connectivity index (χ0) is 15.0. The largest absolute Gasteiger partial charge is 0.508 e. The molecule has 0 aromatic heterocycles. The Kier molecular flexibility index (Phi) is 3.23. The quantitative estimate of drug-likeness (QED) is 0.672. The fourth-order valence-electron chi connectivity index (χ4n) is 2.56. The third kappa shape index (κ3) is 2.53. The molecule has 5 nitrogen and oxygen atoms in total. The molecule has 0 unspecified atom stereocenters. The lowest BCUT2D eigenvalue weighted by Gasteiger charge is -2.38. The summed E-state index contributed by atoms with van der Waals surface area (Å²) in [6, 6.07) is 10.8. The summed E-state index contributed by atoms with van der Waals surface area (Å²) in [7, 11) is 0. The van der Waals surface area contributed by atoms with Crippen LogP contribution in [0.3, 0.4) is 0 Å². The van der Waals surface area contributed by atoms with Crippen molar-refractivity contribution in [2.24, 2.45) is 0 Å². The van der Waals surface area contributed by atoms with Crippen LogP contribution in [0.2, 0.25) is 0 Å². The van der Waals surface area contributed by atoms with E-state index < -0.39 is 11.7 Å². The van der Waals surface area contributed by atoms with Crippen LogP contribution in [0.5, 0.6) is 17.2 Å². The number of aromatic hydroxyl groups is 2. The van der Waals surface area contributed by atoms with Crippen LogP contribution in [0.15, 0.2) is 42.5 Å². The molecule has 3 rings (SSSR count). The Morgan fingerprint density at radius 1 is 1.05 bits per heavy atom. The van der Waals surface area contributed by atoms with Crippen LogP contribution >= 0.6 is 0 Å². The van der Waals surface area contributed by atoms with Gasteiger partial charge in [0.15, 0.2) is 0 Å². The minimum atomic E-state index is -1.46. The Morgan fingerprint density at radius 2 is 1.71 bits per heavy atom. The van der Waals surface area contributed by atoms with E-state index in [1.165, 1.54) is 30.3 Å². The summed E-state index contributed by atoms with van der Waals surface area (Å²) in [5.74, 6) is 0.565. The van der Waals surface area contributed by atoms with E-state index in [9.17, 15) is 20.4 Å². The lowest BCUT2D eigenvalue weighted by molar-refractivity contribution is -0.114. The summed E-state index contributed by atoms with van der Waals surface area (Å²) in [6.45, 7) is -0.0779. The van der Waals surface area contributed by atoms with Crippen LogP contribution in [0.4, 0.5) is 0 Å². The van der Waals surface area contributed by atoms with Gasteiger partial charge < -0.3 is 25.2 Å². The molecule has 0 aliphatic carbocycles. The third-order valence-electron chi connectivity index (χ3n) is 3.72. The number of aliphatic hydroxyl groups excluding tert-OH is 1. The van der Waals surface area contributed by atoms with Crippen LogP contribution in [0, 0.1) is 0 Å². The van der Waals surface area contributed by atoms with E-state index in [0.29, 0.717) is 11.3 Å². The molecule has 1 heterocycles. The molecule has 0 amide bonds. The second-order valence-electron chi connectivity index (χ2n) is 5.36. The van der Waals surface area contributed by atoms with Gasteiger partial charge in [-0.3, -0.25) is 0 Å². The van der Waals surface area contributed by atoms with E-state index in [0.717, 1.165) is 5.56 Å². The molecule has 5 heteroatoms. The van der Waals surface area contributed by atoms with Crippen molar-refractivity contribution >= 4 is 0 Å². The van der Waals surface area contributed by atoms with Gasteiger partial charge in [-0.25, -0.2) is 0 Å². The van der Waals surface area contributed by atoms with Crippen molar-refractivity contribution in [1.29, 1.82) is 0 Å². The van der Waals surface area contributed by atoms with E-state index >= 15 is 0 Å². The van der Waals surface area contributed by atoms with Gasteiger partial charge in [-0.1, -0.05) is 12.1 Å². The number of hydrogen-bond acceptors (Lipinski definition) is 5. The zero-order valence-electron chi connectivity index (χ0n) is 11.2. The Bertz CT molecular complexity index is 652. The Balaban J connectivity index is 1.88. The summed E-state index contributed by atoms with van der Waals surface area (Å²) >= 11 is 0. The smallest absolute Gasteiger partial charge is 0.133 e. The molecule has 2 aromatic carbocycles. The number of ether oxygens (including phenoxy) is 1. The predicted octanol–water partition coefficient (Wildman–Crippen LogP) is 1.50. The maximum Gasteiger partial charge on any atom is 0.133 e. The SMILES string of the molecule is Oc1ccc(C[C@]2(O)COc3cc(O)ccc3[C@@H]2O)cc1. The van der Waals surface area contributed by atoms with Gasteiger partial charge in [0, 0.05) is 18.1 Å². The van der Waals surface area contributed by atoms with Crippen molar-refractivity contribution in [3.05, 3.63) is 53.6 Å². The van der Waals surface area contributed by atoms with E-state index in [1.54, 1.807) is 12.1 Å². The van der Waals surface area contributed by atoms with Gasteiger partial charge in [-0.05, 0) is 29.8 Å². The molecule has 0 radical (unpaired) electrons. The van der Waals surface area contributed by atoms with E-state index in [-0.39, 0.29) is 24.5 Å². The first kappa shape index (κ1) is 13.7. The highest BCUT2D eigenvalue weighted by molar-refractivity contribution is 5.44. The lowest BCUT2D eigenvalue weighted by atomic mass is 9.84. The first-order valence-corrected chi connectivity index (χ1v) is 6.62. The van der Waals surface area contributed by atoms with Crippen molar-refractivity contribution in [2.75, 3.05) is 6.61 Å². The molecule has 1 aliphatic heterocycles. The minimum Gasteiger partial charge on any atom is -0.508 e. The summed E-state index contributed by atoms with van der Waals surface area (Å²) in [6.07, 6.45) is -0.926. The maximum atomic E-state index is 10.7. The van der Waals surface area contributed by atoms with Crippen LogP contribution in [0.1, 0.15) is 17.2 Å². The zero-order valence-corrected chi connectivity index (χ0v) is 11.2. The molecule has 0 saturated carbocycles. The van der Waals surface area contributed by atoms with Crippen molar-refractivity contribution in [3.63, 3.8) is 0 Å². The number of phenolic OH excluding ortho intramolecular Hbond substituents is 2. The predicted molar refractivity (Wildman–Crippen MR) is 75.3 cm³/mol. The van der Waals surface area contributed by atoms with Crippen molar-refractivity contribution in [2.45, 2.75) is 18.1 Å². The molecule has 21 heavy (non-hydrogen) atoms. The van der Waals surface area contributed by atoms with Gasteiger partial charge in [0.2, 0.25) is 0 Å². The van der Waals surface area contributed by atoms with Gasteiger partial charge in [0.05, 0.1) is 0 Å². The van der Waals surface area contributed by atoms with Gasteiger partial charge in [0.1, 0.15) is 35.6 Å². The Hall–Kier alpha value is -2.24. The van der Waals surface area contributed by atoms with Gasteiger partial charge in [-0.15, -0.1) is 0 Å². The summed E-state index contributed by atoms with van der Waals surface area (Å²) in [5, 5.41) is 39.8. The van der Waals surface area contributed by atoms with Crippen LogP contribution in [0.25, 0.3) is 0 Å². The minimum absolute atomic E-state index is 0.0462. The van der Waals surface area contributed by atoms with Crippen molar-refractivity contribution < 1.29 is 25.2 Å². The second kappa shape index (κ2) is 4.95. The molecule has 2 aromatic rings. The van der Waals surface area contributed by atoms with Gasteiger partial charge in [0.25, 0.3) is 0 Å². The summed E-state index contributed by atoms with van der Waals surface area (Å²) < 4.78 is 5.47. The highest BCUT2D eigenvalue weighted by Crippen LogP contribution is 2.40. The highest BCUT2D eigenvalue weighted by atomic mass is 16.5. The van der Waals surface area contributed by atoms with E-state index in [4.69, 9.17) is 4.74 Å². The lowest BCUT2D eigenvalue weighted by Crippen LogP contribution is -2.47. The van der Waals surface area contributed by atoms with Gasteiger partial charge in [-0.2, -0.15) is 0 Å². The number of phenols is 2. The third-order valence-corrected chi connectivity index (χ3v) is 3.72. The van der Waals surface area contributed by atoms with Crippen LogP contribution in [-0.2, 0) is 6.42 Å². The number of benzene rings is 2. The van der Waals surface area contributed by atoms with Crippen molar-refractivity contribution in [3.8, 4) is 17.2 Å². The Labute approximate surface area is 121 Å². The molecule has 0 fully saturated rings. The molecule has 4 N–H and O–H groups in total. The van der Waals surface area contributed by atoms with E-state index in [1.807, 2.05) is 0 Å². The van der Waals surface area contributed by atoms with Crippen LogP contribution in [-0.4, -0.2) is 32.6 Å². The standard InChI is InChI=1S/C16H16O5/c17-11-3-1-10(2-4-11)8-16(20)9-21-14-7-12(18)5-6-13(14)15(16)19/h1-7,15,17-20H,8-9H2/t15-,16-/m0/s1. The normalized spacial score (nSPS) is 24.2. The molecule has 0 bridgehead atoms. The molecule has 2 atom stereocenters. The average molecular weight is 288 g/mol. The second-order valence-corrected chi connectivity index (χ2v) is 5.36. The fraction of sp³-hybridized carbons (Fsp3) is 0.250. The molecule has 0 saturated heterocycles. The Morgan fingerprint density at radius 3 is 2.43 bits per heavy atom. The maximum absolute atomic E-state index is 10.7. The number of rotatable bonds is 2. The van der Waals surface area contributed by atoms with Gasteiger partial charge >= 0.3 is 0 Å². The summed E-state index contributed by atoms with van der Waals surface area (Å²) in [4.78, 5) is 0. The van der Waals surface area contributed by atoms with E-state index in [2.05, 4.69) is 0 Å². The summed E-state index contributed by atoms with van der Waals surface area (Å²) in [5.41, 5.74) is -0.235. The first-order valence-electron chi connectivity index (χ1n) is 6.62. The number of hydrogen-bond donors (Lipinski definition) is 4. The average Bonchev–Trinajstić information content (AvgIpc) is 2.46. The molecule has 1 aliphatic rings. The molecule has 110 valence electrons. The highest BCUT2D eigenvalue weighted by Gasteiger charge is 2.42. The fourth-order valence-corrected chi connectivity index (χ4v) is 2.56. The monoisotopic (exact) mass is 288 g/mol. The van der Waals surface area contributed by atoms with Crippen LogP contribution < -0.4 is 4.74 Å². The number of aliphatic hydroxyl groups is 2. The number of fused-ring (bicyclic) bond motifs is 1. The van der Waals surface area contributed by atoms with Crippen molar-refractivity contribution in [1.82, 2.24) is 0 Å². The molecule has 0 spiro atoms.